The molecule has 0 N–H and O–H groups in total. The standard InChI is InChI=1S/C11H16/c1-2-4-8-11(7-3-1)9-5-6-10-11/h5-6,9-10H,1-4,7-8H2. The molecule has 0 heteroatoms. The molecule has 0 nitrogen and oxygen atoms in total. The Morgan fingerprint density at radius 1 is 0.727 bits per heavy atom. The van der Waals surface area contributed by atoms with E-state index in [1.807, 2.05) is 0 Å². The quantitative estimate of drug-likeness (QED) is 0.493. The molecule has 2 aliphatic carbocycles. The van der Waals surface area contributed by atoms with Gasteiger partial charge in [-0.25, -0.2) is 0 Å². The summed E-state index contributed by atoms with van der Waals surface area (Å²) in [6.45, 7) is 0. The Bertz CT molecular complexity index is 164. The lowest BCUT2D eigenvalue weighted by molar-refractivity contribution is 0.429. The van der Waals surface area contributed by atoms with E-state index in [4.69, 9.17) is 0 Å². The predicted molar refractivity (Wildman–Crippen MR) is 48.4 cm³/mol. The molecule has 0 amide bonds. The fourth-order valence-corrected chi connectivity index (χ4v) is 2.27. The van der Waals surface area contributed by atoms with Crippen molar-refractivity contribution in [2.24, 2.45) is 5.41 Å². The van der Waals surface area contributed by atoms with Crippen molar-refractivity contribution in [1.82, 2.24) is 0 Å². The van der Waals surface area contributed by atoms with Gasteiger partial charge in [0.05, 0.1) is 0 Å². The van der Waals surface area contributed by atoms with Gasteiger partial charge in [0.2, 0.25) is 0 Å². The van der Waals surface area contributed by atoms with Gasteiger partial charge in [0.15, 0.2) is 0 Å². The zero-order chi connectivity index (χ0) is 7.57. The van der Waals surface area contributed by atoms with E-state index in [2.05, 4.69) is 24.3 Å². The van der Waals surface area contributed by atoms with Crippen molar-refractivity contribution in [2.45, 2.75) is 38.5 Å². The number of rotatable bonds is 0. The average Bonchev–Trinajstić information content (AvgIpc) is 2.32. The highest BCUT2D eigenvalue weighted by molar-refractivity contribution is 5.24. The highest BCUT2D eigenvalue weighted by atomic mass is 14.3. The van der Waals surface area contributed by atoms with Crippen LogP contribution in [0.25, 0.3) is 0 Å². The second kappa shape index (κ2) is 2.84. The van der Waals surface area contributed by atoms with Crippen molar-refractivity contribution in [3.05, 3.63) is 24.3 Å². The molecule has 0 atom stereocenters. The Balaban J connectivity index is 2.10. The minimum atomic E-state index is 0.497. The largest absolute Gasteiger partial charge is 0.0745 e. The van der Waals surface area contributed by atoms with E-state index in [1.165, 1.54) is 38.5 Å². The van der Waals surface area contributed by atoms with Crippen molar-refractivity contribution in [3.63, 3.8) is 0 Å². The third-order valence-corrected chi connectivity index (χ3v) is 3.00. The molecule has 1 fully saturated rings. The number of allylic oxidation sites excluding steroid dienone is 4. The summed E-state index contributed by atoms with van der Waals surface area (Å²) >= 11 is 0. The highest BCUT2D eigenvalue weighted by Crippen LogP contribution is 2.39. The van der Waals surface area contributed by atoms with Gasteiger partial charge in [0.1, 0.15) is 0 Å². The van der Waals surface area contributed by atoms with Gasteiger partial charge in [0.25, 0.3) is 0 Å². The van der Waals surface area contributed by atoms with Crippen LogP contribution in [0.5, 0.6) is 0 Å². The first kappa shape index (κ1) is 7.15. The SMILES string of the molecule is C1=CC2(C=C1)CCCCCC2. The van der Waals surface area contributed by atoms with Gasteiger partial charge in [-0.3, -0.25) is 0 Å². The molecule has 0 aromatic rings. The van der Waals surface area contributed by atoms with Gasteiger partial charge < -0.3 is 0 Å². The number of hydrogen-bond donors (Lipinski definition) is 0. The molecule has 1 saturated carbocycles. The molecule has 0 heterocycles. The molecule has 0 aromatic heterocycles. The summed E-state index contributed by atoms with van der Waals surface area (Å²) in [5.41, 5.74) is 0.497. The summed E-state index contributed by atoms with van der Waals surface area (Å²) in [6.07, 6.45) is 17.8. The number of hydrogen-bond acceptors (Lipinski definition) is 0. The molecule has 0 aliphatic heterocycles. The van der Waals surface area contributed by atoms with Gasteiger partial charge in [-0.2, -0.15) is 0 Å². The van der Waals surface area contributed by atoms with Gasteiger partial charge in [-0.05, 0) is 12.8 Å². The molecule has 60 valence electrons. The highest BCUT2D eigenvalue weighted by Gasteiger charge is 2.26. The fraction of sp³-hybridized carbons (Fsp3) is 0.636. The van der Waals surface area contributed by atoms with Crippen molar-refractivity contribution in [2.75, 3.05) is 0 Å². The van der Waals surface area contributed by atoms with Crippen LogP contribution in [-0.2, 0) is 0 Å². The van der Waals surface area contributed by atoms with Gasteiger partial charge in [-0.1, -0.05) is 50.0 Å². The maximum absolute atomic E-state index is 2.40. The van der Waals surface area contributed by atoms with Crippen molar-refractivity contribution < 1.29 is 0 Å². The molecule has 0 aromatic carbocycles. The van der Waals surface area contributed by atoms with Gasteiger partial charge >= 0.3 is 0 Å². The molecular weight excluding hydrogens is 132 g/mol. The molecule has 11 heavy (non-hydrogen) atoms. The lowest BCUT2D eigenvalue weighted by atomic mass is 9.82. The van der Waals surface area contributed by atoms with E-state index >= 15 is 0 Å². The summed E-state index contributed by atoms with van der Waals surface area (Å²) in [6, 6.07) is 0. The maximum Gasteiger partial charge on any atom is 0.00671 e. The Hall–Kier alpha value is -0.520. The fourth-order valence-electron chi connectivity index (χ4n) is 2.27. The van der Waals surface area contributed by atoms with E-state index < -0.39 is 0 Å². The lowest BCUT2D eigenvalue weighted by Crippen LogP contribution is -2.10. The molecule has 2 aliphatic rings. The first-order chi connectivity index (χ1) is 5.41. The molecule has 0 saturated heterocycles. The molecule has 0 radical (unpaired) electrons. The Morgan fingerprint density at radius 3 is 1.82 bits per heavy atom. The van der Waals surface area contributed by atoms with Crippen molar-refractivity contribution in [3.8, 4) is 0 Å². The van der Waals surface area contributed by atoms with Crippen LogP contribution in [0.3, 0.4) is 0 Å². The third kappa shape index (κ3) is 1.40. The van der Waals surface area contributed by atoms with Crippen LogP contribution in [0.1, 0.15) is 38.5 Å². The molecule has 1 spiro atoms. The molecular formula is C11H16. The van der Waals surface area contributed by atoms with Crippen LogP contribution in [-0.4, -0.2) is 0 Å². The van der Waals surface area contributed by atoms with Crippen LogP contribution >= 0.6 is 0 Å². The van der Waals surface area contributed by atoms with Crippen LogP contribution < -0.4 is 0 Å². The zero-order valence-electron chi connectivity index (χ0n) is 7.05. The summed E-state index contributed by atoms with van der Waals surface area (Å²) in [5.74, 6) is 0. The van der Waals surface area contributed by atoms with Crippen LogP contribution in [0, 0.1) is 5.41 Å². The normalized spacial score (nSPS) is 27.6. The van der Waals surface area contributed by atoms with Gasteiger partial charge in [0, 0.05) is 5.41 Å². The summed E-state index contributed by atoms with van der Waals surface area (Å²) in [4.78, 5) is 0. The Labute approximate surface area is 69.0 Å². The van der Waals surface area contributed by atoms with Crippen LogP contribution in [0.15, 0.2) is 24.3 Å². The lowest BCUT2D eigenvalue weighted by Gasteiger charge is -2.22. The monoisotopic (exact) mass is 148 g/mol. The van der Waals surface area contributed by atoms with E-state index in [1.54, 1.807) is 0 Å². The predicted octanol–water partition coefficient (Wildman–Crippen LogP) is 3.45. The maximum atomic E-state index is 2.40. The smallest absolute Gasteiger partial charge is 0.00671 e. The van der Waals surface area contributed by atoms with E-state index in [9.17, 15) is 0 Å². The zero-order valence-corrected chi connectivity index (χ0v) is 7.05. The summed E-state index contributed by atoms with van der Waals surface area (Å²) < 4.78 is 0. The third-order valence-electron chi connectivity index (χ3n) is 3.00. The van der Waals surface area contributed by atoms with Gasteiger partial charge in [-0.15, -0.1) is 0 Å². The molecule has 0 bridgehead atoms. The second-order valence-corrected chi connectivity index (χ2v) is 3.87. The van der Waals surface area contributed by atoms with Crippen LogP contribution in [0.4, 0.5) is 0 Å². The minimum Gasteiger partial charge on any atom is -0.0745 e. The van der Waals surface area contributed by atoms with Crippen LogP contribution in [0.2, 0.25) is 0 Å². The molecule has 0 unspecified atom stereocenters. The van der Waals surface area contributed by atoms with Crippen molar-refractivity contribution in [1.29, 1.82) is 0 Å². The topological polar surface area (TPSA) is 0 Å². The average molecular weight is 148 g/mol. The van der Waals surface area contributed by atoms with Crippen molar-refractivity contribution >= 4 is 0 Å². The van der Waals surface area contributed by atoms with E-state index in [0.717, 1.165) is 0 Å². The Kier molecular flexibility index (Phi) is 1.85. The summed E-state index contributed by atoms with van der Waals surface area (Å²) in [7, 11) is 0. The summed E-state index contributed by atoms with van der Waals surface area (Å²) in [5, 5.41) is 0. The Morgan fingerprint density at radius 2 is 1.27 bits per heavy atom. The first-order valence-electron chi connectivity index (χ1n) is 4.78. The minimum absolute atomic E-state index is 0.497. The second-order valence-electron chi connectivity index (χ2n) is 3.87. The first-order valence-corrected chi connectivity index (χ1v) is 4.78. The van der Waals surface area contributed by atoms with E-state index in [0.29, 0.717) is 5.41 Å². The van der Waals surface area contributed by atoms with E-state index in [-0.39, 0.29) is 0 Å². The molecule has 2 rings (SSSR count).